The molecule has 1 fully saturated rings. The summed E-state index contributed by atoms with van der Waals surface area (Å²) in [6.07, 6.45) is 2.32. The lowest BCUT2D eigenvalue weighted by atomic mass is 10.2. The van der Waals surface area contributed by atoms with Crippen LogP contribution in [-0.4, -0.2) is 30.2 Å². The van der Waals surface area contributed by atoms with E-state index in [0.29, 0.717) is 18.1 Å². The van der Waals surface area contributed by atoms with Gasteiger partial charge >= 0.3 is 0 Å². The van der Waals surface area contributed by atoms with E-state index in [9.17, 15) is 4.79 Å². The highest BCUT2D eigenvalue weighted by molar-refractivity contribution is 5.94. The Kier molecular flexibility index (Phi) is 5.15. The lowest BCUT2D eigenvalue weighted by Crippen LogP contribution is -2.23. The summed E-state index contributed by atoms with van der Waals surface area (Å²) in [7, 11) is 0. The van der Waals surface area contributed by atoms with Crippen LogP contribution in [0.3, 0.4) is 0 Å². The fraction of sp³-hybridized carbons (Fsp3) is 0.444. The molecule has 1 atom stereocenters. The van der Waals surface area contributed by atoms with Crippen molar-refractivity contribution in [2.45, 2.75) is 39.3 Å². The van der Waals surface area contributed by atoms with Crippen molar-refractivity contribution in [2.24, 2.45) is 0 Å². The van der Waals surface area contributed by atoms with Gasteiger partial charge in [-0.3, -0.25) is 4.79 Å². The standard InChI is InChI=1S/C18H22N2O4/c1-12-13(2)24-17(20-12)10-19-18(21)14-5-7-15(8-6-14)23-11-16-4-3-9-22-16/h5-8,16H,3-4,9-11H2,1-2H3,(H,19,21)/t16-/m1/s1. The molecule has 128 valence electrons. The van der Waals surface area contributed by atoms with Crippen LogP contribution in [0.15, 0.2) is 28.7 Å². The molecule has 1 saturated heterocycles. The average Bonchev–Trinajstić information content (AvgIpc) is 3.21. The van der Waals surface area contributed by atoms with Crippen molar-refractivity contribution in [3.8, 4) is 5.75 Å². The number of aryl methyl sites for hydroxylation is 2. The maximum atomic E-state index is 12.1. The minimum atomic E-state index is -0.172. The second-order valence-electron chi connectivity index (χ2n) is 5.90. The van der Waals surface area contributed by atoms with Crippen molar-refractivity contribution >= 4 is 5.91 Å². The maximum absolute atomic E-state index is 12.1. The van der Waals surface area contributed by atoms with E-state index in [4.69, 9.17) is 13.9 Å². The Labute approximate surface area is 141 Å². The van der Waals surface area contributed by atoms with Gasteiger partial charge in [0.05, 0.1) is 18.3 Å². The normalized spacial score (nSPS) is 17.0. The summed E-state index contributed by atoms with van der Waals surface area (Å²) < 4.78 is 16.6. The van der Waals surface area contributed by atoms with Gasteiger partial charge in [-0.15, -0.1) is 0 Å². The van der Waals surface area contributed by atoms with E-state index in [1.807, 2.05) is 13.8 Å². The molecule has 2 aromatic rings. The summed E-state index contributed by atoms with van der Waals surface area (Å²) in [4.78, 5) is 16.4. The molecule has 1 aliphatic heterocycles. The lowest BCUT2D eigenvalue weighted by Gasteiger charge is -2.11. The summed E-state index contributed by atoms with van der Waals surface area (Å²) in [5, 5.41) is 2.80. The van der Waals surface area contributed by atoms with Crippen LogP contribution in [0.2, 0.25) is 0 Å². The number of ether oxygens (including phenoxy) is 2. The first-order valence-corrected chi connectivity index (χ1v) is 8.17. The number of aromatic nitrogens is 1. The van der Waals surface area contributed by atoms with Gasteiger partial charge < -0.3 is 19.2 Å². The van der Waals surface area contributed by atoms with E-state index >= 15 is 0 Å². The zero-order valence-electron chi connectivity index (χ0n) is 14.0. The molecule has 24 heavy (non-hydrogen) atoms. The highest BCUT2D eigenvalue weighted by atomic mass is 16.5. The van der Waals surface area contributed by atoms with Crippen LogP contribution in [0.5, 0.6) is 5.75 Å². The van der Waals surface area contributed by atoms with Gasteiger partial charge in [0.2, 0.25) is 5.89 Å². The maximum Gasteiger partial charge on any atom is 0.251 e. The Hall–Kier alpha value is -2.34. The Morgan fingerprint density at radius 3 is 2.75 bits per heavy atom. The van der Waals surface area contributed by atoms with E-state index in [0.717, 1.165) is 36.7 Å². The molecule has 1 aromatic carbocycles. The Bertz CT molecular complexity index is 668. The van der Waals surface area contributed by atoms with Crippen LogP contribution in [0.1, 0.15) is 40.5 Å². The molecule has 6 heteroatoms. The van der Waals surface area contributed by atoms with Crippen molar-refractivity contribution in [1.29, 1.82) is 0 Å². The molecule has 1 amide bonds. The first kappa shape index (κ1) is 16.5. The summed E-state index contributed by atoms with van der Waals surface area (Å²) in [6.45, 7) is 5.36. The second-order valence-corrected chi connectivity index (χ2v) is 5.90. The molecule has 0 radical (unpaired) electrons. The predicted molar refractivity (Wildman–Crippen MR) is 88.1 cm³/mol. The molecule has 3 rings (SSSR count). The number of carbonyl (C=O) groups is 1. The summed E-state index contributed by atoms with van der Waals surface area (Å²) in [6, 6.07) is 7.07. The highest BCUT2D eigenvalue weighted by Gasteiger charge is 2.16. The first-order valence-electron chi connectivity index (χ1n) is 8.17. The molecule has 0 saturated carbocycles. The number of amides is 1. The number of rotatable bonds is 6. The molecule has 1 N–H and O–H groups in total. The third-order valence-corrected chi connectivity index (χ3v) is 4.05. The molecule has 2 heterocycles. The molecule has 0 unspecified atom stereocenters. The van der Waals surface area contributed by atoms with E-state index in [1.54, 1.807) is 24.3 Å². The number of oxazole rings is 1. The van der Waals surface area contributed by atoms with Crippen LogP contribution in [0, 0.1) is 13.8 Å². The second kappa shape index (κ2) is 7.49. The topological polar surface area (TPSA) is 73.6 Å². The zero-order valence-corrected chi connectivity index (χ0v) is 14.0. The van der Waals surface area contributed by atoms with Crippen LogP contribution in [-0.2, 0) is 11.3 Å². The van der Waals surface area contributed by atoms with Gasteiger partial charge in [-0.05, 0) is 51.0 Å². The van der Waals surface area contributed by atoms with E-state index in [2.05, 4.69) is 10.3 Å². The molecule has 0 aliphatic carbocycles. The van der Waals surface area contributed by atoms with Crippen molar-refractivity contribution in [3.63, 3.8) is 0 Å². The third-order valence-electron chi connectivity index (χ3n) is 4.05. The van der Waals surface area contributed by atoms with Gasteiger partial charge in [0.15, 0.2) is 0 Å². The Morgan fingerprint density at radius 1 is 1.33 bits per heavy atom. The van der Waals surface area contributed by atoms with Gasteiger partial charge in [-0.1, -0.05) is 0 Å². The highest BCUT2D eigenvalue weighted by Crippen LogP contribution is 2.16. The lowest BCUT2D eigenvalue weighted by molar-refractivity contribution is 0.0679. The molecular formula is C18H22N2O4. The number of hydrogen-bond acceptors (Lipinski definition) is 5. The number of nitrogens with zero attached hydrogens (tertiary/aromatic N) is 1. The summed E-state index contributed by atoms with van der Waals surface area (Å²) in [5.41, 5.74) is 1.41. The smallest absolute Gasteiger partial charge is 0.251 e. The average molecular weight is 330 g/mol. The van der Waals surface area contributed by atoms with Crippen LogP contribution < -0.4 is 10.1 Å². The summed E-state index contributed by atoms with van der Waals surface area (Å²) >= 11 is 0. The largest absolute Gasteiger partial charge is 0.491 e. The van der Waals surface area contributed by atoms with Gasteiger partial charge in [-0.2, -0.15) is 0 Å². The van der Waals surface area contributed by atoms with Crippen LogP contribution >= 0.6 is 0 Å². The molecule has 6 nitrogen and oxygen atoms in total. The van der Waals surface area contributed by atoms with Crippen LogP contribution in [0.25, 0.3) is 0 Å². The predicted octanol–water partition coefficient (Wildman–Crippen LogP) is 2.78. The number of benzene rings is 1. The summed E-state index contributed by atoms with van der Waals surface area (Å²) in [5.74, 6) is 1.84. The molecule has 0 bridgehead atoms. The van der Waals surface area contributed by atoms with E-state index < -0.39 is 0 Å². The molecule has 1 aliphatic rings. The SMILES string of the molecule is Cc1nc(CNC(=O)c2ccc(OC[C@H]3CCCO3)cc2)oc1C. The Morgan fingerprint density at radius 2 is 2.12 bits per heavy atom. The van der Waals surface area contributed by atoms with Crippen LogP contribution in [0.4, 0.5) is 0 Å². The van der Waals surface area contributed by atoms with Crippen molar-refractivity contribution in [3.05, 3.63) is 47.2 Å². The van der Waals surface area contributed by atoms with Gasteiger partial charge in [0.1, 0.15) is 18.1 Å². The number of hydrogen-bond donors (Lipinski definition) is 1. The van der Waals surface area contributed by atoms with Crippen molar-refractivity contribution < 1.29 is 18.7 Å². The van der Waals surface area contributed by atoms with Crippen molar-refractivity contribution in [2.75, 3.05) is 13.2 Å². The quantitative estimate of drug-likeness (QED) is 0.881. The Balaban J connectivity index is 1.49. The van der Waals surface area contributed by atoms with Gasteiger partial charge in [-0.25, -0.2) is 4.98 Å². The van der Waals surface area contributed by atoms with Gasteiger partial charge in [0.25, 0.3) is 5.91 Å². The fourth-order valence-electron chi connectivity index (χ4n) is 2.54. The zero-order chi connectivity index (χ0) is 16.9. The van der Waals surface area contributed by atoms with Gasteiger partial charge in [0, 0.05) is 12.2 Å². The van der Waals surface area contributed by atoms with E-state index in [1.165, 1.54) is 0 Å². The monoisotopic (exact) mass is 330 g/mol. The number of carbonyl (C=O) groups excluding carboxylic acids is 1. The first-order chi connectivity index (χ1) is 11.6. The van der Waals surface area contributed by atoms with E-state index in [-0.39, 0.29) is 18.6 Å². The van der Waals surface area contributed by atoms with Crippen molar-refractivity contribution in [1.82, 2.24) is 10.3 Å². The molecule has 1 aromatic heterocycles. The molecule has 0 spiro atoms. The fourth-order valence-corrected chi connectivity index (χ4v) is 2.54. The molecular weight excluding hydrogens is 308 g/mol. The number of nitrogens with one attached hydrogen (secondary N) is 1. The minimum Gasteiger partial charge on any atom is -0.491 e. The minimum absolute atomic E-state index is 0.172. The third kappa shape index (κ3) is 4.14.